The number of piperidine rings is 1. The number of benzene rings is 3. The molecule has 4 amide bonds. The normalized spacial score (nSPS) is 19.3. The maximum atomic E-state index is 14.7. The zero-order chi connectivity index (χ0) is 61.5. The fourth-order valence-corrected chi connectivity index (χ4v) is 15.9. The lowest BCUT2D eigenvalue weighted by molar-refractivity contribution is -0.141. The zero-order valence-electron chi connectivity index (χ0n) is 51.4. The van der Waals surface area contributed by atoms with Crippen LogP contribution in [0.1, 0.15) is 139 Å². The third-order valence-corrected chi connectivity index (χ3v) is 21.3. The smallest absolute Gasteiger partial charge is 0.270 e. The molecule has 0 radical (unpaired) electrons. The molecule has 5 aromatic heterocycles. The van der Waals surface area contributed by atoms with Crippen LogP contribution in [0.25, 0.3) is 31.8 Å². The molecule has 1 saturated carbocycles. The topological polar surface area (TPSA) is 220 Å². The molecule has 3 aromatic carbocycles. The molecule has 1 spiro atoms. The molecule has 4 aliphatic heterocycles. The summed E-state index contributed by atoms with van der Waals surface area (Å²) in [4.78, 5) is 80.7. The molecule has 3 saturated heterocycles. The Hall–Kier alpha value is -7.85. The number of para-hydroxylation sites is 1. The van der Waals surface area contributed by atoms with Crippen molar-refractivity contribution in [2.24, 2.45) is 17.3 Å². The molecule has 9 heterocycles. The SMILES string of the molecule is Cc1ncsc1-c1ccc([C@H](C)NC(=O)[C@@H]2C[C@@H](O)CN2C(=O)C(c2cc(N3CC4(CCN(CCNC(=O)c5nc(N6CCc7cccc(C(=O)Nc8nc9ccccc9s8)c7C6)ccc5-c5cnn(CC6CCCCC6)c5C)CC4)C3)no2)C(C)C)cc1. The van der Waals surface area contributed by atoms with E-state index in [0.29, 0.717) is 65.9 Å². The highest BCUT2D eigenvalue weighted by molar-refractivity contribution is 7.22. The monoisotopic (exact) mass is 1240 g/mol. The minimum absolute atomic E-state index is 0.0596. The number of amides is 4. The average Bonchev–Trinajstić information content (AvgIpc) is 1.94. The first-order valence-electron chi connectivity index (χ1n) is 31.7. The van der Waals surface area contributed by atoms with Gasteiger partial charge >= 0.3 is 0 Å². The van der Waals surface area contributed by atoms with Crippen molar-refractivity contribution in [3.05, 3.63) is 142 Å². The highest BCUT2D eigenvalue weighted by atomic mass is 32.1. The number of nitrogens with zero attached hydrogens (tertiary/aromatic N) is 10. The minimum atomic E-state index is -0.829. The van der Waals surface area contributed by atoms with Crippen LogP contribution in [0.5, 0.6) is 0 Å². The highest BCUT2D eigenvalue weighted by Crippen LogP contribution is 2.44. The van der Waals surface area contributed by atoms with E-state index in [1.54, 1.807) is 11.3 Å². The van der Waals surface area contributed by atoms with Crippen LogP contribution in [0.15, 0.2) is 101 Å². The number of β-amino-alcohol motifs (C(OH)–C–C–N with tert-alkyl or cyclic N) is 1. The van der Waals surface area contributed by atoms with Gasteiger partial charge in [-0.05, 0) is 130 Å². The summed E-state index contributed by atoms with van der Waals surface area (Å²) >= 11 is 3.05. The number of hydrogen-bond acceptors (Lipinski definition) is 16. The number of aliphatic hydroxyl groups excluding tert-OH is 1. The Morgan fingerprint density at radius 3 is 2.42 bits per heavy atom. The van der Waals surface area contributed by atoms with E-state index < -0.39 is 18.1 Å². The van der Waals surface area contributed by atoms with Gasteiger partial charge in [-0.2, -0.15) is 5.10 Å². The predicted octanol–water partition coefficient (Wildman–Crippen LogP) is 10.6. The van der Waals surface area contributed by atoms with Crippen molar-refractivity contribution in [1.29, 1.82) is 0 Å². The summed E-state index contributed by atoms with van der Waals surface area (Å²) in [7, 11) is 0. The summed E-state index contributed by atoms with van der Waals surface area (Å²) in [5.41, 5.74) is 11.5. The van der Waals surface area contributed by atoms with Crippen LogP contribution in [0, 0.1) is 31.1 Å². The first kappa shape index (κ1) is 60.1. The van der Waals surface area contributed by atoms with Crippen molar-refractivity contribution in [2.75, 3.05) is 67.5 Å². The summed E-state index contributed by atoms with van der Waals surface area (Å²) < 4.78 is 9.10. The molecule has 8 aromatic rings. The van der Waals surface area contributed by atoms with Crippen molar-refractivity contribution in [3.63, 3.8) is 0 Å². The quantitative estimate of drug-likeness (QED) is 0.0628. The van der Waals surface area contributed by atoms with Crippen molar-refractivity contribution >= 4 is 73.3 Å². The third-order valence-electron chi connectivity index (χ3n) is 19.4. The second-order valence-electron chi connectivity index (χ2n) is 25.7. The number of nitrogens with one attached hydrogen (secondary N) is 3. The van der Waals surface area contributed by atoms with Crippen molar-refractivity contribution in [2.45, 2.75) is 130 Å². The number of carbonyl (C=O) groups excluding carboxylic acids is 4. The predicted molar refractivity (Wildman–Crippen MR) is 347 cm³/mol. The molecule has 1 unspecified atom stereocenters. The molecule has 5 aliphatic rings. The molecule has 4 N–H and O–H groups in total. The first-order chi connectivity index (χ1) is 43.1. The highest BCUT2D eigenvalue weighted by Gasteiger charge is 2.47. The van der Waals surface area contributed by atoms with Gasteiger partial charge in [-0.15, -0.1) is 11.3 Å². The molecule has 464 valence electrons. The first-order valence-corrected chi connectivity index (χ1v) is 33.4. The number of hydrogen-bond donors (Lipinski definition) is 4. The Bertz CT molecular complexity index is 3850. The van der Waals surface area contributed by atoms with Crippen LogP contribution in [0.2, 0.25) is 0 Å². The average molecular weight is 1240 g/mol. The standard InChI is InChI=1S/C68H79N13O6S2/c1-41(2)60(66(86)80-36-49(82)32-55(80)64(84)72-42(3)46-18-20-48(21-19-46)62-43(4)70-40-88-62)56-33-59(76-87-56)79-38-68(39-79)25-29-77(30-26-68)31-27-69-65(85)61-50(52-34-71-81(44(52)5)35-45-12-7-6-8-13-45)22-23-58(74-61)78-28-24-47-14-11-15-51(53(47)37-78)63(83)75-67-73-54-16-9-10-17-57(54)89-67/h9-11,14-23,33-34,40-42,45,49,55,60,82H,6-8,12-13,24-32,35-39H2,1-5H3,(H,69,85)(H,72,84)(H,73,75,83)/t42-,49+,55-,60?/m0/s1. The van der Waals surface area contributed by atoms with E-state index >= 15 is 0 Å². The number of aryl methyl sites for hydroxylation is 1. The Morgan fingerprint density at radius 1 is 0.854 bits per heavy atom. The van der Waals surface area contributed by atoms with Gasteiger partial charge < -0.3 is 39.9 Å². The van der Waals surface area contributed by atoms with Crippen LogP contribution >= 0.6 is 22.7 Å². The molecule has 0 bridgehead atoms. The number of pyridine rings is 1. The van der Waals surface area contributed by atoms with Crippen LogP contribution < -0.4 is 25.8 Å². The Labute approximate surface area is 527 Å². The van der Waals surface area contributed by atoms with Crippen molar-refractivity contribution < 1.29 is 28.8 Å². The van der Waals surface area contributed by atoms with E-state index in [0.717, 1.165) is 112 Å². The second kappa shape index (κ2) is 25.6. The number of anilines is 3. The molecule has 1 aliphatic carbocycles. The van der Waals surface area contributed by atoms with Gasteiger partial charge in [0.05, 0.1) is 44.6 Å². The Kier molecular flexibility index (Phi) is 17.3. The van der Waals surface area contributed by atoms with Gasteiger partial charge in [-0.3, -0.25) is 29.2 Å². The molecule has 4 atom stereocenters. The number of fused-ring (bicyclic) bond motifs is 2. The number of aromatic nitrogens is 6. The molecule has 21 heteroatoms. The van der Waals surface area contributed by atoms with Gasteiger partial charge in [0.25, 0.3) is 11.8 Å². The Balaban J connectivity index is 0.629. The fraction of sp³-hybridized carbons (Fsp3) is 0.456. The maximum absolute atomic E-state index is 14.7. The lowest BCUT2D eigenvalue weighted by Gasteiger charge is -2.54. The summed E-state index contributed by atoms with van der Waals surface area (Å²) in [5.74, 6) is 0.542. The van der Waals surface area contributed by atoms with Gasteiger partial charge in [0.2, 0.25) is 11.8 Å². The molecule has 13 rings (SSSR count). The fourth-order valence-electron chi connectivity index (χ4n) is 14.2. The molecule has 19 nitrogen and oxygen atoms in total. The van der Waals surface area contributed by atoms with Crippen LogP contribution in [-0.2, 0) is 29.1 Å². The van der Waals surface area contributed by atoms with Crippen LogP contribution in [0.3, 0.4) is 0 Å². The van der Waals surface area contributed by atoms with Crippen LogP contribution in [-0.4, -0.2) is 133 Å². The van der Waals surface area contributed by atoms with Crippen LogP contribution in [0.4, 0.5) is 16.8 Å². The van der Waals surface area contributed by atoms with Gasteiger partial charge in [0.1, 0.15) is 23.5 Å². The summed E-state index contributed by atoms with van der Waals surface area (Å²) in [6, 6.07) is 26.6. The van der Waals surface area contributed by atoms with E-state index in [2.05, 4.69) is 63.4 Å². The van der Waals surface area contributed by atoms with Crippen molar-refractivity contribution in [1.82, 2.24) is 50.3 Å². The number of rotatable bonds is 18. The number of carbonyl (C=O) groups is 4. The lowest BCUT2D eigenvalue weighted by atomic mass is 9.72. The Morgan fingerprint density at radius 2 is 1.65 bits per heavy atom. The van der Waals surface area contributed by atoms with E-state index in [1.807, 2.05) is 118 Å². The second-order valence-corrected chi connectivity index (χ2v) is 27.6. The van der Waals surface area contributed by atoms with Gasteiger partial charge in [0, 0.05) is 92.6 Å². The van der Waals surface area contributed by atoms with E-state index in [9.17, 15) is 24.3 Å². The number of aliphatic hydroxyl groups is 1. The van der Waals surface area contributed by atoms with Gasteiger partial charge in [-0.1, -0.05) is 98.1 Å². The van der Waals surface area contributed by atoms with Gasteiger partial charge in [0.15, 0.2) is 16.7 Å². The zero-order valence-corrected chi connectivity index (χ0v) is 53.0. The molecule has 89 heavy (non-hydrogen) atoms. The minimum Gasteiger partial charge on any atom is -0.391 e. The molecule has 4 fully saturated rings. The van der Waals surface area contributed by atoms with E-state index in [4.69, 9.17) is 14.6 Å². The third kappa shape index (κ3) is 12.6. The van der Waals surface area contributed by atoms with Gasteiger partial charge in [-0.25, -0.2) is 15.0 Å². The summed E-state index contributed by atoms with van der Waals surface area (Å²) in [6.07, 6.45) is 10.1. The summed E-state index contributed by atoms with van der Waals surface area (Å²) in [6.45, 7) is 16.6. The van der Waals surface area contributed by atoms with E-state index in [-0.39, 0.29) is 54.0 Å². The largest absolute Gasteiger partial charge is 0.391 e. The molecular formula is C68H79N13O6S2. The number of likely N-dealkylation sites (tertiary alicyclic amines) is 2. The van der Waals surface area contributed by atoms with Crippen molar-refractivity contribution in [3.8, 4) is 21.6 Å². The lowest BCUT2D eigenvalue weighted by Crippen LogP contribution is -2.61. The summed E-state index contributed by atoms with van der Waals surface area (Å²) in [5, 5.41) is 30.2. The number of thiazole rings is 2. The maximum Gasteiger partial charge on any atom is 0.270 e. The molecular weight excluding hydrogens is 1160 g/mol. The van der Waals surface area contributed by atoms with E-state index in [1.165, 1.54) is 48.3 Å².